The Balaban J connectivity index is 2.82. The summed E-state index contributed by atoms with van der Waals surface area (Å²) in [5.74, 6) is -0.775. The largest absolute Gasteiger partial charge is 0.490 e. The van der Waals surface area contributed by atoms with Crippen molar-refractivity contribution in [2.45, 2.75) is 13.0 Å². The summed E-state index contributed by atoms with van der Waals surface area (Å²) in [7, 11) is 1.56. The van der Waals surface area contributed by atoms with Gasteiger partial charge in [0.2, 0.25) is 0 Å². The number of hydrogen-bond donors (Lipinski definition) is 1. The quantitative estimate of drug-likeness (QED) is 0.864. The third-order valence-electron chi connectivity index (χ3n) is 2.05. The zero-order valence-electron chi connectivity index (χ0n) is 9.07. The van der Waals surface area contributed by atoms with Crippen LogP contribution in [-0.4, -0.2) is 30.9 Å². The molecule has 16 heavy (non-hydrogen) atoms. The van der Waals surface area contributed by atoms with Crippen LogP contribution in [0.1, 0.15) is 17.3 Å². The van der Waals surface area contributed by atoms with Crippen molar-refractivity contribution in [2.24, 2.45) is 0 Å². The fourth-order valence-electron chi connectivity index (χ4n) is 1.07. The van der Waals surface area contributed by atoms with Crippen molar-refractivity contribution in [3.63, 3.8) is 0 Å². The molecule has 1 unspecified atom stereocenters. The molecule has 1 N–H and O–H groups in total. The molecule has 88 valence electrons. The lowest BCUT2D eigenvalue weighted by molar-refractivity contribution is 0.0646. The van der Waals surface area contributed by atoms with E-state index in [1.54, 1.807) is 13.2 Å². The molecule has 1 aromatic carbocycles. The molecule has 1 atom stereocenters. The van der Waals surface area contributed by atoms with E-state index in [2.05, 4.69) is 0 Å². The number of methoxy groups -OCH3 is 1. The zero-order chi connectivity index (χ0) is 12.1. The first-order valence-corrected chi connectivity index (χ1v) is 5.11. The van der Waals surface area contributed by atoms with Gasteiger partial charge in [-0.25, -0.2) is 4.79 Å². The summed E-state index contributed by atoms with van der Waals surface area (Å²) in [5, 5.41) is 9.31. The van der Waals surface area contributed by atoms with E-state index in [0.29, 0.717) is 17.4 Å². The number of halogens is 1. The van der Waals surface area contributed by atoms with Crippen molar-refractivity contribution in [3.8, 4) is 5.75 Å². The number of hydrogen-bond acceptors (Lipinski definition) is 3. The molecule has 1 aromatic rings. The van der Waals surface area contributed by atoms with Crippen LogP contribution in [-0.2, 0) is 4.74 Å². The zero-order valence-corrected chi connectivity index (χ0v) is 9.82. The Hall–Kier alpha value is -1.26. The van der Waals surface area contributed by atoms with Gasteiger partial charge in [-0.15, -0.1) is 0 Å². The molecule has 0 heterocycles. The average Bonchev–Trinajstić information content (AvgIpc) is 2.26. The minimum atomic E-state index is -1.07. The Morgan fingerprint density at radius 1 is 1.56 bits per heavy atom. The van der Waals surface area contributed by atoms with Gasteiger partial charge in [-0.2, -0.15) is 0 Å². The van der Waals surface area contributed by atoms with E-state index in [1.807, 2.05) is 6.92 Å². The number of carbonyl (C=O) groups is 1. The van der Waals surface area contributed by atoms with E-state index in [-0.39, 0.29) is 11.7 Å². The van der Waals surface area contributed by atoms with Crippen LogP contribution in [0.4, 0.5) is 0 Å². The minimum absolute atomic E-state index is 0.0517. The van der Waals surface area contributed by atoms with Crippen molar-refractivity contribution >= 4 is 17.6 Å². The molecule has 0 fully saturated rings. The highest BCUT2D eigenvalue weighted by atomic mass is 35.5. The summed E-state index contributed by atoms with van der Waals surface area (Å²) in [6.07, 6.45) is -0.0997. The van der Waals surface area contributed by atoms with Crippen LogP contribution in [0.3, 0.4) is 0 Å². The highest BCUT2D eigenvalue weighted by molar-refractivity contribution is 6.31. The van der Waals surface area contributed by atoms with Crippen LogP contribution in [0.25, 0.3) is 0 Å². The lowest BCUT2D eigenvalue weighted by Crippen LogP contribution is -2.17. The average molecular weight is 245 g/mol. The lowest BCUT2D eigenvalue weighted by Gasteiger charge is -2.13. The van der Waals surface area contributed by atoms with Crippen LogP contribution in [0, 0.1) is 0 Å². The summed E-state index contributed by atoms with van der Waals surface area (Å²) >= 11 is 5.71. The van der Waals surface area contributed by atoms with Gasteiger partial charge >= 0.3 is 5.97 Å². The summed E-state index contributed by atoms with van der Waals surface area (Å²) in [6, 6.07) is 4.48. The summed E-state index contributed by atoms with van der Waals surface area (Å²) in [6.45, 7) is 2.12. The maximum Gasteiger partial charge on any atom is 0.339 e. The summed E-state index contributed by atoms with van der Waals surface area (Å²) < 4.78 is 10.3. The molecule has 0 aromatic heterocycles. The van der Waals surface area contributed by atoms with E-state index < -0.39 is 5.97 Å². The van der Waals surface area contributed by atoms with Crippen molar-refractivity contribution in [1.82, 2.24) is 0 Å². The van der Waals surface area contributed by atoms with Crippen LogP contribution < -0.4 is 4.74 Å². The van der Waals surface area contributed by atoms with E-state index in [4.69, 9.17) is 26.2 Å². The van der Waals surface area contributed by atoms with Gasteiger partial charge in [-0.05, 0) is 25.1 Å². The Morgan fingerprint density at radius 2 is 2.25 bits per heavy atom. The van der Waals surface area contributed by atoms with Crippen LogP contribution in [0.15, 0.2) is 18.2 Å². The van der Waals surface area contributed by atoms with Crippen molar-refractivity contribution in [3.05, 3.63) is 28.8 Å². The maximum atomic E-state index is 10.9. The molecule has 0 aliphatic heterocycles. The maximum absolute atomic E-state index is 10.9. The molecule has 0 bridgehead atoms. The number of aromatic carboxylic acids is 1. The van der Waals surface area contributed by atoms with E-state index in [9.17, 15) is 4.79 Å². The molecule has 0 saturated heterocycles. The molecule has 0 spiro atoms. The first-order valence-electron chi connectivity index (χ1n) is 4.73. The van der Waals surface area contributed by atoms with E-state index >= 15 is 0 Å². The molecular weight excluding hydrogens is 232 g/mol. The van der Waals surface area contributed by atoms with Crippen molar-refractivity contribution in [1.29, 1.82) is 0 Å². The Bertz CT molecular complexity index is 378. The molecule has 1 rings (SSSR count). The number of rotatable bonds is 5. The SMILES string of the molecule is COC(C)COc1ccc(Cl)cc1C(=O)O. The van der Waals surface area contributed by atoms with Gasteiger partial charge < -0.3 is 14.6 Å². The lowest BCUT2D eigenvalue weighted by atomic mass is 10.2. The second kappa shape index (κ2) is 5.72. The van der Waals surface area contributed by atoms with Gasteiger partial charge in [0.25, 0.3) is 0 Å². The second-order valence-corrected chi connectivity index (χ2v) is 3.74. The molecule has 4 nitrogen and oxygen atoms in total. The fourth-order valence-corrected chi connectivity index (χ4v) is 1.24. The van der Waals surface area contributed by atoms with Gasteiger partial charge in [-0.1, -0.05) is 11.6 Å². The van der Waals surface area contributed by atoms with Gasteiger partial charge in [0.05, 0.1) is 6.10 Å². The first-order chi connectivity index (χ1) is 7.54. The van der Waals surface area contributed by atoms with Crippen molar-refractivity contribution < 1.29 is 19.4 Å². The normalized spacial score (nSPS) is 12.2. The Kier molecular flexibility index (Phi) is 4.58. The predicted octanol–water partition coefficient (Wildman–Crippen LogP) is 2.45. The first kappa shape index (κ1) is 12.8. The third-order valence-corrected chi connectivity index (χ3v) is 2.28. The standard InChI is InChI=1S/C11H13ClO4/c1-7(15-2)6-16-10-4-3-8(12)5-9(10)11(13)14/h3-5,7H,6H2,1-2H3,(H,13,14). The number of benzene rings is 1. The van der Waals surface area contributed by atoms with Crippen LogP contribution in [0.5, 0.6) is 5.75 Å². The highest BCUT2D eigenvalue weighted by Crippen LogP contribution is 2.23. The molecule has 5 heteroatoms. The minimum Gasteiger partial charge on any atom is -0.490 e. The third kappa shape index (κ3) is 3.40. The molecule has 0 radical (unpaired) electrons. The van der Waals surface area contributed by atoms with E-state index in [0.717, 1.165) is 0 Å². The summed E-state index contributed by atoms with van der Waals surface area (Å²) in [4.78, 5) is 10.9. The monoisotopic (exact) mass is 244 g/mol. The Morgan fingerprint density at radius 3 is 2.81 bits per heavy atom. The van der Waals surface area contributed by atoms with E-state index in [1.165, 1.54) is 12.1 Å². The van der Waals surface area contributed by atoms with Crippen LogP contribution in [0.2, 0.25) is 5.02 Å². The number of ether oxygens (including phenoxy) is 2. The van der Waals surface area contributed by atoms with Crippen LogP contribution >= 0.6 is 11.6 Å². The predicted molar refractivity (Wildman–Crippen MR) is 60.4 cm³/mol. The smallest absolute Gasteiger partial charge is 0.339 e. The summed E-state index contributed by atoms with van der Waals surface area (Å²) in [5.41, 5.74) is 0.0517. The van der Waals surface area contributed by atoms with Gasteiger partial charge in [0.1, 0.15) is 17.9 Å². The molecule has 0 aliphatic carbocycles. The number of carboxylic acid groups (broad SMARTS) is 1. The second-order valence-electron chi connectivity index (χ2n) is 3.30. The Labute approximate surface area is 98.7 Å². The fraction of sp³-hybridized carbons (Fsp3) is 0.364. The molecular formula is C11H13ClO4. The van der Waals surface area contributed by atoms with Gasteiger partial charge in [-0.3, -0.25) is 0 Å². The molecule has 0 aliphatic rings. The van der Waals surface area contributed by atoms with Crippen molar-refractivity contribution in [2.75, 3.05) is 13.7 Å². The van der Waals surface area contributed by atoms with Gasteiger partial charge in [0.15, 0.2) is 0 Å². The molecule has 0 amide bonds. The topological polar surface area (TPSA) is 55.8 Å². The molecule has 0 saturated carbocycles. The number of carboxylic acids is 1. The van der Waals surface area contributed by atoms with Gasteiger partial charge in [0, 0.05) is 12.1 Å². The highest BCUT2D eigenvalue weighted by Gasteiger charge is 2.12.